The van der Waals surface area contributed by atoms with Crippen molar-refractivity contribution in [1.29, 1.82) is 0 Å². The van der Waals surface area contributed by atoms with E-state index in [0.29, 0.717) is 49.9 Å². The topological polar surface area (TPSA) is 104 Å². The van der Waals surface area contributed by atoms with E-state index in [0.717, 1.165) is 12.1 Å². The predicted molar refractivity (Wildman–Crippen MR) is 146 cm³/mol. The quantitative estimate of drug-likeness (QED) is 0.222. The smallest absolute Gasteiger partial charge is 0.492 e. The highest BCUT2D eigenvalue weighted by atomic mass is 35.5. The molecule has 0 unspecified atom stereocenters. The van der Waals surface area contributed by atoms with Gasteiger partial charge in [-0.15, -0.1) is 0 Å². The van der Waals surface area contributed by atoms with Crippen molar-refractivity contribution in [3.63, 3.8) is 0 Å². The molecule has 3 aromatic rings. The number of hydrogen-bond donors (Lipinski definition) is 2. The average molecular weight is 557 g/mol. The molecule has 0 aliphatic carbocycles. The van der Waals surface area contributed by atoms with Gasteiger partial charge in [-0.2, -0.15) is 0 Å². The van der Waals surface area contributed by atoms with Gasteiger partial charge in [0.05, 0.1) is 5.69 Å². The summed E-state index contributed by atoms with van der Waals surface area (Å²) in [5, 5.41) is 12.5. The van der Waals surface area contributed by atoms with E-state index in [2.05, 4.69) is 10.3 Å². The van der Waals surface area contributed by atoms with Crippen molar-refractivity contribution >= 4 is 35.0 Å². The van der Waals surface area contributed by atoms with E-state index in [-0.39, 0.29) is 17.8 Å². The van der Waals surface area contributed by atoms with Crippen LogP contribution in [0.1, 0.15) is 29.6 Å². The Balaban J connectivity index is 1.43. The molecule has 1 aliphatic rings. The number of pyridine rings is 1. The zero-order valence-corrected chi connectivity index (χ0v) is 22.0. The molecule has 0 bridgehead atoms. The Labute approximate surface area is 231 Å². The van der Waals surface area contributed by atoms with Crippen molar-refractivity contribution in [2.24, 2.45) is 0 Å². The van der Waals surface area contributed by atoms with Gasteiger partial charge in [0.25, 0.3) is 5.91 Å². The lowest BCUT2D eigenvalue weighted by Crippen LogP contribution is -2.37. The van der Waals surface area contributed by atoms with Gasteiger partial charge in [0.1, 0.15) is 18.2 Å². The first-order chi connectivity index (χ1) is 18.9. The normalized spacial score (nSPS) is 15.1. The van der Waals surface area contributed by atoms with Gasteiger partial charge in [-0.3, -0.25) is 14.7 Å². The zero-order valence-electron chi connectivity index (χ0n) is 21.3. The molecule has 4 rings (SSSR count). The molecule has 2 aromatic carbocycles. The summed E-state index contributed by atoms with van der Waals surface area (Å²) in [5.41, 5.74) is 1.31. The lowest BCUT2D eigenvalue weighted by atomic mass is 10.1. The molecule has 206 valence electrons. The number of nitrogens with one attached hydrogen (secondary N) is 1. The summed E-state index contributed by atoms with van der Waals surface area (Å²) in [6, 6.07) is 14.5. The maximum absolute atomic E-state index is 14.8. The van der Waals surface area contributed by atoms with Crippen LogP contribution in [0.3, 0.4) is 0 Å². The number of benzene rings is 2. The molecular weight excluding hydrogens is 527 g/mol. The third kappa shape index (κ3) is 8.05. The Kier molecular flexibility index (Phi) is 9.93. The summed E-state index contributed by atoms with van der Waals surface area (Å²) < 4.78 is 25.6. The maximum Gasteiger partial charge on any atom is 0.507 e. The number of rotatable bonds is 12. The van der Waals surface area contributed by atoms with Crippen LogP contribution in [0.5, 0.6) is 5.75 Å². The number of anilines is 2. The molecule has 1 amide bonds. The average Bonchev–Trinajstić information content (AvgIpc) is 3.35. The number of para-hydroxylation sites is 1. The van der Waals surface area contributed by atoms with Gasteiger partial charge in [-0.25, -0.2) is 9.18 Å². The Bertz CT molecular complexity index is 1270. The molecule has 0 radical (unpaired) electrons. The van der Waals surface area contributed by atoms with E-state index in [4.69, 9.17) is 26.2 Å². The van der Waals surface area contributed by atoms with Gasteiger partial charge in [0.15, 0.2) is 6.23 Å². The summed E-state index contributed by atoms with van der Waals surface area (Å²) in [7, 11) is 0. The SMILES string of the molecule is O=C(O)O[C@@H]1CCCN1CCCN(C(=O)c1cc(Cl)cc(OCCNc2ccncc2)c1)c1ccccc1F. The molecule has 1 atom stereocenters. The number of carbonyl (C=O) groups excluding carboxylic acids is 1. The van der Waals surface area contributed by atoms with Crippen molar-refractivity contribution in [1.82, 2.24) is 9.88 Å². The standard InChI is InChI=1S/C28H30ClFN4O5/c29-21-17-20(18-23(19-21)38-16-12-32-22-8-10-31-11-9-22)27(35)34(25-6-2-1-5-24(25)30)15-4-14-33-13-3-7-26(33)39-28(36)37/h1-2,5-6,8-11,17-19,26H,3-4,7,12-16H2,(H,31,32)(H,36,37)/t26-/m1/s1. The van der Waals surface area contributed by atoms with Crippen LogP contribution in [0, 0.1) is 5.82 Å². The first-order valence-corrected chi connectivity index (χ1v) is 13.1. The summed E-state index contributed by atoms with van der Waals surface area (Å²) in [5.74, 6) is -0.538. The molecule has 1 saturated heterocycles. The fourth-order valence-corrected chi connectivity index (χ4v) is 4.72. The highest BCUT2D eigenvalue weighted by Gasteiger charge is 2.28. The molecular formula is C28H30ClFN4O5. The van der Waals surface area contributed by atoms with E-state index in [1.807, 2.05) is 17.0 Å². The highest BCUT2D eigenvalue weighted by molar-refractivity contribution is 6.31. The molecule has 9 nitrogen and oxygen atoms in total. The summed E-state index contributed by atoms with van der Waals surface area (Å²) in [6.45, 7) is 2.22. The first kappa shape index (κ1) is 28.1. The van der Waals surface area contributed by atoms with E-state index >= 15 is 0 Å². The van der Waals surface area contributed by atoms with Crippen LogP contribution < -0.4 is 15.0 Å². The molecule has 1 aromatic heterocycles. The minimum atomic E-state index is -1.32. The van der Waals surface area contributed by atoms with Crippen molar-refractivity contribution in [3.8, 4) is 5.75 Å². The van der Waals surface area contributed by atoms with Crippen LogP contribution in [0.4, 0.5) is 20.6 Å². The largest absolute Gasteiger partial charge is 0.507 e. The Morgan fingerprint density at radius 2 is 1.97 bits per heavy atom. The highest BCUT2D eigenvalue weighted by Crippen LogP contribution is 2.27. The Morgan fingerprint density at radius 1 is 1.18 bits per heavy atom. The fourth-order valence-electron chi connectivity index (χ4n) is 4.49. The maximum atomic E-state index is 14.8. The molecule has 39 heavy (non-hydrogen) atoms. The number of carbonyl (C=O) groups is 2. The molecule has 0 saturated carbocycles. The molecule has 1 aliphatic heterocycles. The molecule has 11 heteroatoms. The Morgan fingerprint density at radius 3 is 2.74 bits per heavy atom. The number of hydrogen-bond acceptors (Lipinski definition) is 7. The molecule has 2 heterocycles. The monoisotopic (exact) mass is 556 g/mol. The van der Waals surface area contributed by atoms with Crippen LogP contribution in [-0.4, -0.2) is 66.1 Å². The Hall–Kier alpha value is -3.89. The van der Waals surface area contributed by atoms with Gasteiger partial charge in [0, 0.05) is 54.8 Å². The van der Waals surface area contributed by atoms with Gasteiger partial charge < -0.3 is 24.8 Å². The van der Waals surface area contributed by atoms with E-state index < -0.39 is 24.1 Å². The van der Waals surface area contributed by atoms with Crippen LogP contribution in [0.15, 0.2) is 67.0 Å². The van der Waals surface area contributed by atoms with E-state index in [1.165, 1.54) is 17.0 Å². The number of carboxylic acid groups (broad SMARTS) is 1. The van der Waals surface area contributed by atoms with Crippen molar-refractivity contribution in [2.45, 2.75) is 25.5 Å². The third-order valence-electron chi connectivity index (χ3n) is 6.25. The fraction of sp³-hybridized carbons (Fsp3) is 0.321. The van der Waals surface area contributed by atoms with Crippen molar-refractivity contribution in [2.75, 3.05) is 43.0 Å². The van der Waals surface area contributed by atoms with Gasteiger partial charge >= 0.3 is 6.16 Å². The van der Waals surface area contributed by atoms with Crippen LogP contribution in [0.25, 0.3) is 0 Å². The number of likely N-dealkylation sites (tertiary alicyclic amines) is 1. The van der Waals surface area contributed by atoms with Crippen molar-refractivity contribution < 1.29 is 28.6 Å². The number of halogens is 2. The summed E-state index contributed by atoms with van der Waals surface area (Å²) >= 11 is 6.32. The minimum absolute atomic E-state index is 0.145. The lowest BCUT2D eigenvalue weighted by Gasteiger charge is -2.27. The molecule has 1 fully saturated rings. The number of nitrogens with zero attached hydrogens (tertiary/aromatic N) is 3. The molecule has 2 N–H and O–H groups in total. The number of amides is 1. The van der Waals surface area contributed by atoms with E-state index in [1.54, 1.807) is 42.7 Å². The van der Waals surface area contributed by atoms with E-state index in [9.17, 15) is 14.0 Å². The second-order valence-corrected chi connectivity index (χ2v) is 9.40. The first-order valence-electron chi connectivity index (χ1n) is 12.7. The minimum Gasteiger partial charge on any atom is -0.492 e. The zero-order chi connectivity index (χ0) is 27.6. The van der Waals surface area contributed by atoms with Gasteiger partial charge in [0.2, 0.25) is 0 Å². The second-order valence-electron chi connectivity index (χ2n) is 8.97. The van der Waals surface area contributed by atoms with Crippen LogP contribution in [0.2, 0.25) is 5.02 Å². The van der Waals surface area contributed by atoms with Gasteiger partial charge in [-0.1, -0.05) is 23.7 Å². The lowest BCUT2D eigenvalue weighted by molar-refractivity contribution is -0.0135. The number of ether oxygens (including phenoxy) is 2. The van der Waals surface area contributed by atoms with Crippen molar-refractivity contribution in [3.05, 3.63) is 83.4 Å². The van der Waals surface area contributed by atoms with Gasteiger partial charge in [-0.05, 0) is 61.7 Å². The predicted octanol–water partition coefficient (Wildman–Crippen LogP) is 5.52. The molecule has 0 spiro atoms. The van der Waals surface area contributed by atoms with Crippen LogP contribution >= 0.6 is 11.6 Å². The number of aromatic nitrogens is 1. The van der Waals surface area contributed by atoms with Crippen LogP contribution in [-0.2, 0) is 4.74 Å². The summed E-state index contributed by atoms with van der Waals surface area (Å²) in [4.78, 5) is 31.9. The summed E-state index contributed by atoms with van der Waals surface area (Å²) in [6.07, 6.45) is 3.45. The second kappa shape index (κ2) is 13.8. The third-order valence-corrected chi connectivity index (χ3v) is 6.47.